The standard InChI is InChI=1S/C11H14F2N2O2/c12-10(13)6-17-7-11(16)15-9-3-1-8(5-14)2-4-9/h1-4,10H,5-7,14H2,(H,15,16). The normalized spacial score (nSPS) is 10.6. The van der Waals surface area contributed by atoms with Gasteiger partial charge in [0.05, 0.1) is 0 Å². The Hall–Kier alpha value is -1.53. The maximum Gasteiger partial charge on any atom is 0.261 e. The molecule has 17 heavy (non-hydrogen) atoms. The van der Waals surface area contributed by atoms with Crippen molar-refractivity contribution in [2.45, 2.75) is 13.0 Å². The van der Waals surface area contributed by atoms with Crippen molar-refractivity contribution >= 4 is 11.6 Å². The van der Waals surface area contributed by atoms with Gasteiger partial charge in [0.2, 0.25) is 5.91 Å². The minimum Gasteiger partial charge on any atom is -0.366 e. The van der Waals surface area contributed by atoms with Gasteiger partial charge in [0, 0.05) is 12.2 Å². The highest BCUT2D eigenvalue weighted by atomic mass is 19.3. The average molecular weight is 244 g/mol. The summed E-state index contributed by atoms with van der Waals surface area (Å²) >= 11 is 0. The number of hydrogen-bond donors (Lipinski definition) is 2. The molecule has 1 rings (SSSR count). The number of anilines is 1. The predicted molar refractivity (Wildman–Crippen MR) is 59.8 cm³/mol. The van der Waals surface area contributed by atoms with E-state index in [1.807, 2.05) is 0 Å². The number of hydrogen-bond acceptors (Lipinski definition) is 3. The number of carbonyl (C=O) groups excluding carboxylic acids is 1. The van der Waals surface area contributed by atoms with Crippen LogP contribution in [0, 0.1) is 0 Å². The minimum atomic E-state index is -2.56. The van der Waals surface area contributed by atoms with Gasteiger partial charge in [-0.2, -0.15) is 0 Å². The van der Waals surface area contributed by atoms with Gasteiger partial charge in [-0.05, 0) is 17.7 Å². The molecule has 0 atom stereocenters. The fourth-order valence-corrected chi connectivity index (χ4v) is 1.16. The monoisotopic (exact) mass is 244 g/mol. The third kappa shape index (κ3) is 5.37. The molecule has 1 aromatic rings. The molecule has 94 valence electrons. The summed E-state index contributed by atoms with van der Waals surface area (Å²) in [6, 6.07) is 6.92. The summed E-state index contributed by atoms with van der Waals surface area (Å²) in [4.78, 5) is 11.2. The van der Waals surface area contributed by atoms with Crippen LogP contribution in [0.15, 0.2) is 24.3 Å². The SMILES string of the molecule is NCc1ccc(NC(=O)COCC(F)F)cc1. The van der Waals surface area contributed by atoms with E-state index in [1.54, 1.807) is 24.3 Å². The Labute approximate surface area is 97.8 Å². The second-order valence-corrected chi connectivity index (χ2v) is 3.36. The highest BCUT2D eigenvalue weighted by Gasteiger charge is 2.06. The molecule has 0 unspecified atom stereocenters. The first-order chi connectivity index (χ1) is 8.11. The number of nitrogens with two attached hydrogens (primary N) is 1. The fraction of sp³-hybridized carbons (Fsp3) is 0.364. The van der Waals surface area contributed by atoms with Gasteiger partial charge < -0.3 is 15.8 Å². The van der Waals surface area contributed by atoms with Crippen LogP contribution in [0.25, 0.3) is 0 Å². The van der Waals surface area contributed by atoms with Crippen LogP contribution in [0.5, 0.6) is 0 Å². The lowest BCUT2D eigenvalue weighted by molar-refractivity contribution is -0.121. The number of amides is 1. The zero-order valence-corrected chi connectivity index (χ0v) is 9.16. The quantitative estimate of drug-likeness (QED) is 0.794. The second-order valence-electron chi connectivity index (χ2n) is 3.36. The van der Waals surface area contributed by atoms with E-state index in [0.717, 1.165) is 5.56 Å². The lowest BCUT2D eigenvalue weighted by atomic mass is 10.2. The van der Waals surface area contributed by atoms with Crippen molar-refractivity contribution < 1.29 is 18.3 Å². The maximum absolute atomic E-state index is 11.7. The molecule has 1 amide bonds. The van der Waals surface area contributed by atoms with Gasteiger partial charge in [-0.3, -0.25) is 4.79 Å². The van der Waals surface area contributed by atoms with E-state index >= 15 is 0 Å². The highest BCUT2D eigenvalue weighted by Crippen LogP contribution is 2.08. The van der Waals surface area contributed by atoms with Gasteiger partial charge in [-0.25, -0.2) is 8.78 Å². The molecule has 0 fully saturated rings. The molecular weight excluding hydrogens is 230 g/mol. The molecule has 6 heteroatoms. The van der Waals surface area contributed by atoms with Gasteiger partial charge >= 0.3 is 0 Å². The molecule has 0 aliphatic carbocycles. The van der Waals surface area contributed by atoms with Gasteiger partial charge in [0.25, 0.3) is 6.43 Å². The molecule has 0 bridgehead atoms. The molecule has 0 aromatic heterocycles. The van der Waals surface area contributed by atoms with Crippen LogP contribution in [0.4, 0.5) is 14.5 Å². The van der Waals surface area contributed by atoms with Gasteiger partial charge in [0.1, 0.15) is 13.2 Å². The Morgan fingerprint density at radius 1 is 1.35 bits per heavy atom. The number of alkyl halides is 2. The maximum atomic E-state index is 11.7. The van der Waals surface area contributed by atoms with Crippen LogP contribution in [0.3, 0.4) is 0 Å². The zero-order valence-electron chi connectivity index (χ0n) is 9.16. The Balaban J connectivity index is 2.34. The first-order valence-electron chi connectivity index (χ1n) is 5.06. The zero-order chi connectivity index (χ0) is 12.7. The first-order valence-corrected chi connectivity index (χ1v) is 5.06. The third-order valence-corrected chi connectivity index (χ3v) is 1.95. The van der Waals surface area contributed by atoms with Crippen LogP contribution in [-0.4, -0.2) is 25.5 Å². The molecule has 0 saturated heterocycles. The predicted octanol–water partition coefficient (Wildman–Crippen LogP) is 1.37. The molecule has 0 radical (unpaired) electrons. The Bertz CT molecular complexity index is 355. The first kappa shape index (κ1) is 13.5. The number of rotatable bonds is 6. The number of carbonyl (C=O) groups is 1. The van der Waals surface area contributed by atoms with Crippen molar-refractivity contribution in [2.75, 3.05) is 18.5 Å². The number of benzene rings is 1. The lowest BCUT2D eigenvalue weighted by Crippen LogP contribution is -2.20. The largest absolute Gasteiger partial charge is 0.366 e. The summed E-state index contributed by atoms with van der Waals surface area (Å²) in [5.74, 6) is -0.467. The molecular formula is C11H14F2N2O2. The van der Waals surface area contributed by atoms with Crippen molar-refractivity contribution in [3.8, 4) is 0 Å². The van der Waals surface area contributed by atoms with Crippen molar-refractivity contribution in [3.63, 3.8) is 0 Å². The summed E-state index contributed by atoms with van der Waals surface area (Å²) in [6.45, 7) is -0.700. The van der Waals surface area contributed by atoms with Crippen LogP contribution < -0.4 is 11.1 Å². The van der Waals surface area contributed by atoms with E-state index in [-0.39, 0.29) is 6.61 Å². The molecule has 0 aliphatic rings. The number of halogens is 2. The van der Waals surface area contributed by atoms with Crippen molar-refractivity contribution in [3.05, 3.63) is 29.8 Å². The topological polar surface area (TPSA) is 64.3 Å². The fourth-order valence-electron chi connectivity index (χ4n) is 1.16. The van der Waals surface area contributed by atoms with E-state index in [0.29, 0.717) is 12.2 Å². The van der Waals surface area contributed by atoms with E-state index < -0.39 is 18.9 Å². The van der Waals surface area contributed by atoms with Gasteiger partial charge in [-0.1, -0.05) is 12.1 Å². The molecule has 0 saturated carbocycles. The molecule has 3 N–H and O–H groups in total. The molecule has 1 aromatic carbocycles. The minimum absolute atomic E-state index is 0.386. The summed E-state index contributed by atoms with van der Waals surface area (Å²) in [7, 11) is 0. The lowest BCUT2D eigenvalue weighted by Gasteiger charge is -2.06. The van der Waals surface area contributed by atoms with Crippen molar-refractivity contribution in [1.82, 2.24) is 0 Å². The summed E-state index contributed by atoms with van der Waals surface area (Å²) in [5, 5.41) is 2.52. The average Bonchev–Trinajstić information content (AvgIpc) is 2.29. The van der Waals surface area contributed by atoms with E-state index in [4.69, 9.17) is 5.73 Å². The van der Waals surface area contributed by atoms with Crippen LogP contribution in [0.1, 0.15) is 5.56 Å². The van der Waals surface area contributed by atoms with Crippen LogP contribution in [-0.2, 0) is 16.1 Å². The van der Waals surface area contributed by atoms with Crippen LogP contribution >= 0.6 is 0 Å². The highest BCUT2D eigenvalue weighted by molar-refractivity contribution is 5.91. The van der Waals surface area contributed by atoms with Gasteiger partial charge in [0.15, 0.2) is 0 Å². The second kappa shape index (κ2) is 6.93. The van der Waals surface area contributed by atoms with Crippen LogP contribution in [0.2, 0.25) is 0 Å². The third-order valence-electron chi connectivity index (χ3n) is 1.95. The van der Waals surface area contributed by atoms with E-state index in [2.05, 4.69) is 10.1 Å². The smallest absolute Gasteiger partial charge is 0.261 e. The number of ether oxygens (including phenoxy) is 1. The van der Waals surface area contributed by atoms with Crippen molar-refractivity contribution in [1.29, 1.82) is 0 Å². The Kier molecular flexibility index (Phi) is 5.51. The Morgan fingerprint density at radius 3 is 2.53 bits per heavy atom. The van der Waals surface area contributed by atoms with E-state index in [1.165, 1.54) is 0 Å². The summed E-state index contributed by atoms with van der Waals surface area (Å²) in [6.07, 6.45) is -2.56. The molecule has 0 spiro atoms. The van der Waals surface area contributed by atoms with Crippen molar-refractivity contribution in [2.24, 2.45) is 5.73 Å². The molecule has 4 nitrogen and oxygen atoms in total. The Morgan fingerprint density at radius 2 is 2.00 bits per heavy atom. The molecule has 0 heterocycles. The summed E-state index contributed by atoms with van der Waals surface area (Å²) < 4.78 is 27.9. The summed E-state index contributed by atoms with van der Waals surface area (Å²) in [5.41, 5.74) is 6.94. The van der Waals surface area contributed by atoms with Gasteiger partial charge in [-0.15, -0.1) is 0 Å². The van der Waals surface area contributed by atoms with E-state index in [9.17, 15) is 13.6 Å². The number of nitrogens with one attached hydrogen (secondary N) is 1. The molecule has 0 aliphatic heterocycles.